The number of carboxylic acids is 1. The second-order valence-corrected chi connectivity index (χ2v) is 5.99. The second kappa shape index (κ2) is 14.8. The average molecular weight is 289 g/mol. The SMILES string of the molecule is CCCCCCCCCCC(CC(=O)O)CN(C)C.O. The zero-order chi connectivity index (χ0) is 14.5. The summed E-state index contributed by atoms with van der Waals surface area (Å²) >= 11 is 0. The van der Waals surface area contributed by atoms with Crippen molar-refractivity contribution >= 4 is 5.97 Å². The molecule has 0 saturated heterocycles. The third-order valence-corrected chi connectivity index (χ3v) is 3.55. The first-order chi connectivity index (χ1) is 9.06. The van der Waals surface area contributed by atoms with Crippen molar-refractivity contribution < 1.29 is 15.4 Å². The maximum Gasteiger partial charge on any atom is 0.303 e. The number of hydrogen-bond donors (Lipinski definition) is 1. The van der Waals surface area contributed by atoms with Crippen LogP contribution in [-0.4, -0.2) is 42.1 Å². The number of carboxylic acid groups (broad SMARTS) is 1. The second-order valence-electron chi connectivity index (χ2n) is 5.99. The van der Waals surface area contributed by atoms with E-state index in [-0.39, 0.29) is 5.48 Å². The van der Waals surface area contributed by atoms with E-state index in [0.717, 1.165) is 13.0 Å². The number of unbranched alkanes of at least 4 members (excludes halogenated alkanes) is 7. The molecule has 0 aliphatic heterocycles. The molecule has 1 atom stereocenters. The van der Waals surface area contributed by atoms with E-state index in [9.17, 15) is 4.79 Å². The summed E-state index contributed by atoms with van der Waals surface area (Å²) < 4.78 is 0. The van der Waals surface area contributed by atoms with Gasteiger partial charge in [-0.25, -0.2) is 0 Å². The molecule has 0 aromatic rings. The van der Waals surface area contributed by atoms with Crippen molar-refractivity contribution in [2.45, 2.75) is 71.1 Å². The van der Waals surface area contributed by atoms with Gasteiger partial charge in [-0.1, -0.05) is 58.3 Å². The molecule has 0 aliphatic carbocycles. The van der Waals surface area contributed by atoms with Gasteiger partial charge in [0.1, 0.15) is 0 Å². The Kier molecular flexibility index (Phi) is 16.0. The summed E-state index contributed by atoms with van der Waals surface area (Å²) in [7, 11) is 4.03. The molecule has 4 nitrogen and oxygen atoms in total. The van der Waals surface area contributed by atoms with Gasteiger partial charge >= 0.3 is 5.97 Å². The highest BCUT2D eigenvalue weighted by atomic mass is 16.4. The van der Waals surface area contributed by atoms with Gasteiger partial charge < -0.3 is 15.5 Å². The molecular formula is C16H35NO3. The van der Waals surface area contributed by atoms with Crippen LogP contribution in [0.15, 0.2) is 0 Å². The van der Waals surface area contributed by atoms with Crippen LogP contribution in [0.2, 0.25) is 0 Å². The summed E-state index contributed by atoms with van der Waals surface area (Å²) in [4.78, 5) is 12.9. The molecule has 0 radical (unpaired) electrons. The van der Waals surface area contributed by atoms with E-state index in [1.807, 2.05) is 14.1 Å². The van der Waals surface area contributed by atoms with Crippen LogP contribution in [0.4, 0.5) is 0 Å². The van der Waals surface area contributed by atoms with E-state index in [0.29, 0.717) is 12.3 Å². The quantitative estimate of drug-likeness (QED) is 0.528. The molecule has 0 saturated carbocycles. The molecule has 0 aliphatic rings. The van der Waals surface area contributed by atoms with Crippen molar-refractivity contribution in [3.63, 3.8) is 0 Å². The van der Waals surface area contributed by atoms with E-state index in [1.165, 1.54) is 51.4 Å². The normalized spacial score (nSPS) is 12.2. The van der Waals surface area contributed by atoms with Gasteiger partial charge in [0.05, 0.1) is 0 Å². The van der Waals surface area contributed by atoms with Crippen LogP contribution in [0.25, 0.3) is 0 Å². The van der Waals surface area contributed by atoms with Gasteiger partial charge in [-0.05, 0) is 26.4 Å². The summed E-state index contributed by atoms with van der Waals surface area (Å²) in [5, 5.41) is 8.90. The van der Waals surface area contributed by atoms with Gasteiger partial charge in [0.25, 0.3) is 0 Å². The maximum atomic E-state index is 10.8. The number of carbonyl (C=O) groups is 1. The van der Waals surface area contributed by atoms with Crippen molar-refractivity contribution in [1.29, 1.82) is 0 Å². The fourth-order valence-corrected chi connectivity index (χ4v) is 2.59. The van der Waals surface area contributed by atoms with E-state index >= 15 is 0 Å². The monoisotopic (exact) mass is 289 g/mol. The van der Waals surface area contributed by atoms with Crippen LogP contribution >= 0.6 is 0 Å². The highest BCUT2D eigenvalue weighted by Crippen LogP contribution is 2.16. The molecule has 3 N–H and O–H groups in total. The summed E-state index contributed by atoms with van der Waals surface area (Å²) in [6.07, 6.45) is 11.9. The van der Waals surface area contributed by atoms with Crippen LogP contribution in [0.1, 0.15) is 71.1 Å². The predicted octanol–water partition coefficient (Wildman–Crippen LogP) is 3.35. The Balaban J connectivity index is 0. The summed E-state index contributed by atoms with van der Waals surface area (Å²) in [6, 6.07) is 0. The Labute approximate surface area is 124 Å². The first-order valence-corrected chi connectivity index (χ1v) is 7.92. The molecule has 1 unspecified atom stereocenters. The van der Waals surface area contributed by atoms with E-state index in [1.54, 1.807) is 0 Å². The molecule has 0 bridgehead atoms. The minimum atomic E-state index is -0.661. The van der Waals surface area contributed by atoms with Crippen LogP contribution < -0.4 is 0 Å². The Hall–Kier alpha value is -0.610. The molecule has 0 aromatic carbocycles. The lowest BCUT2D eigenvalue weighted by Gasteiger charge is -2.19. The average Bonchev–Trinajstić information content (AvgIpc) is 2.30. The van der Waals surface area contributed by atoms with Gasteiger partial charge in [-0.15, -0.1) is 0 Å². The lowest BCUT2D eigenvalue weighted by atomic mass is 9.96. The van der Waals surface area contributed by atoms with Crippen molar-refractivity contribution in [3.05, 3.63) is 0 Å². The third-order valence-electron chi connectivity index (χ3n) is 3.55. The van der Waals surface area contributed by atoms with E-state index in [4.69, 9.17) is 5.11 Å². The number of aliphatic carboxylic acids is 1. The molecule has 4 heteroatoms. The van der Waals surface area contributed by atoms with Crippen molar-refractivity contribution in [2.24, 2.45) is 5.92 Å². The zero-order valence-corrected chi connectivity index (χ0v) is 13.7. The Morgan fingerprint density at radius 3 is 1.95 bits per heavy atom. The molecule has 0 spiro atoms. The lowest BCUT2D eigenvalue weighted by molar-refractivity contribution is -0.138. The number of nitrogens with zero attached hydrogens (tertiary/aromatic N) is 1. The number of rotatable bonds is 13. The summed E-state index contributed by atoms with van der Waals surface area (Å²) in [5.74, 6) is -0.348. The minimum absolute atomic E-state index is 0. The minimum Gasteiger partial charge on any atom is -0.481 e. The molecule has 0 amide bonds. The Morgan fingerprint density at radius 2 is 1.50 bits per heavy atom. The fraction of sp³-hybridized carbons (Fsp3) is 0.938. The largest absolute Gasteiger partial charge is 0.481 e. The Bertz CT molecular complexity index is 220. The predicted molar refractivity (Wildman–Crippen MR) is 85.1 cm³/mol. The van der Waals surface area contributed by atoms with Crippen molar-refractivity contribution in [3.8, 4) is 0 Å². The molecule has 0 fully saturated rings. The summed E-state index contributed by atoms with van der Waals surface area (Å²) in [6.45, 7) is 3.14. The highest BCUT2D eigenvalue weighted by Gasteiger charge is 2.13. The van der Waals surface area contributed by atoms with Gasteiger partial charge in [-0.2, -0.15) is 0 Å². The first-order valence-electron chi connectivity index (χ1n) is 7.92. The van der Waals surface area contributed by atoms with Crippen LogP contribution in [0.5, 0.6) is 0 Å². The topological polar surface area (TPSA) is 72.0 Å². The highest BCUT2D eigenvalue weighted by molar-refractivity contribution is 5.67. The summed E-state index contributed by atoms with van der Waals surface area (Å²) in [5.41, 5.74) is 0. The van der Waals surface area contributed by atoms with Gasteiger partial charge in [0.2, 0.25) is 0 Å². The van der Waals surface area contributed by atoms with E-state index < -0.39 is 5.97 Å². The van der Waals surface area contributed by atoms with E-state index in [2.05, 4.69) is 11.8 Å². The standard InChI is InChI=1S/C16H33NO2.H2O/c1-4-5-6-7-8-9-10-11-12-15(13-16(18)19)14-17(2)3;/h15H,4-14H2,1-3H3,(H,18,19);1H2. The lowest BCUT2D eigenvalue weighted by Crippen LogP contribution is -2.23. The number of hydrogen-bond acceptors (Lipinski definition) is 2. The van der Waals surface area contributed by atoms with Gasteiger partial charge in [-0.3, -0.25) is 4.79 Å². The van der Waals surface area contributed by atoms with Crippen LogP contribution in [-0.2, 0) is 4.79 Å². The smallest absolute Gasteiger partial charge is 0.303 e. The molecule has 0 aromatic heterocycles. The van der Waals surface area contributed by atoms with Crippen LogP contribution in [0, 0.1) is 5.92 Å². The molecule has 0 rings (SSSR count). The van der Waals surface area contributed by atoms with Gasteiger partial charge in [0.15, 0.2) is 0 Å². The van der Waals surface area contributed by atoms with Gasteiger partial charge in [0, 0.05) is 13.0 Å². The molecular weight excluding hydrogens is 254 g/mol. The molecule has 20 heavy (non-hydrogen) atoms. The molecule has 122 valence electrons. The van der Waals surface area contributed by atoms with Crippen LogP contribution in [0.3, 0.4) is 0 Å². The van der Waals surface area contributed by atoms with Crippen molar-refractivity contribution in [2.75, 3.05) is 20.6 Å². The Morgan fingerprint density at radius 1 is 1.00 bits per heavy atom. The van der Waals surface area contributed by atoms with Crippen molar-refractivity contribution in [1.82, 2.24) is 4.90 Å². The first kappa shape index (κ1) is 21.7. The zero-order valence-electron chi connectivity index (χ0n) is 13.7. The third kappa shape index (κ3) is 15.4. The fourth-order valence-electron chi connectivity index (χ4n) is 2.59. The maximum absolute atomic E-state index is 10.8. The molecule has 0 heterocycles.